The highest BCUT2D eigenvalue weighted by Crippen LogP contribution is 2.18. The molecule has 2 aromatic heterocycles. The second kappa shape index (κ2) is 10.0. The van der Waals surface area contributed by atoms with E-state index in [0.717, 1.165) is 11.3 Å². The summed E-state index contributed by atoms with van der Waals surface area (Å²) in [6.45, 7) is 0.466. The summed E-state index contributed by atoms with van der Waals surface area (Å²) in [5.41, 5.74) is 1.00. The van der Waals surface area contributed by atoms with E-state index in [-0.39, 0.29) is 23.3 Å². The van der Waals surface area contributed by atoms with Crippen molar-refractivity contribution in [2.24, 2.45) is 0 Å². The molecule has 0 aliphatic rings. The van der Waals surface area contributed by atoms with Crippen LogP contribution in [0.2, 0.25) is 0 Å². The van der Waals surface area contributed by atoms with Gasteiger partial charge in [0.25, 0.3) is 11.8 Å². The lowest BCUT2D eigenvalue weighted by molar-refractivity contribution is 0.0775. The molecular weight excluding hydrogens is 447 g/mol. The fourth-order valence-corrected chi connectivity index (χ4v) is 3.54. The van der Waals surface area contributed by atoms with Crippen molar-refractivity contribution in [1.82, 2.24) is 15.1 Å². The van der Waals surface area contributed by atoms with Crippen LogP contribution in [0, 0.1) is 5.82 Å². The van der Waals surface area contributed by atoms with E-state index < -0.39 is 5.91 Å². The molecule has 0 saturated carbocycles. The average molecular weight is 466 g/mol. The molecule has 0 saturated heterocycles. The third-order valence-corrected chi connectivity index (χ3v) is 5.44. The van der Waals surface area contributed by atoms with Crippen molar-refractivity contribution in [3.8, 4) is 5.75 Å². The van der Waals surface area contributed by atoms with Crippen LogP contribution in [-0.2, 0) is 13.2 Å². The molecule has 33 heavy (non-hydrogen) atoms. The zero-order valence-electron chi connectivity index (χ0n) is 17.5. The zero-order valence-corrected chi connectivity index (χ0v) is 18.3. The van der Waals surface area contributed by atoms with Gasteiger partial charge in [-0.15, -0.1) is 10.2 Å². The first-order valence-electron chi connectivity index (χ1n) is 9.88. The molecule has 2 heterocycles. The SMILES string of the molecule is CN(Cc1ccco1)C(=O)c1ccc(NC(=O)c2nnc(COc3ccc(F)cc3)s2)cc1. The van der Waals surface area contributed by atoms with Crippen LogP contribution in [0.3, 0.4) is 0 Å². The Hall–Kier alpha value is -4.05. The van der Waals surface area contributed by atoms with Gasteiger partial charge in [0.1, 0.15) is 23.9 Å². The van der Waals surface area contributed by atoms with Gasteiger partial charge in [-0.1, -0.05) is 11.3 Å². The minimum absolute atomic E-state index is 0.110. The first-order chi connectivity index (χ1) is 16.0. The first kappa shape index (κ1) is 22.2. The number of furan rings is 1. The third kappa shape index (κ3) is 5.80. The summed E-state index contributed by atoms with van der Waals surface area (Å²) in [7, 11) is 1.69. The second-order valence-electron chi connectivity index (χ2n) is 7.02. The number of hydrogen-bond acceptors (Lipinski definition) is 7. The topological polar surface area (TPSA) is 97.6 Å². The van der Waals surface area contributed by atoms with Crippen LogP contribution in [0.25, 0.3) is 0 Å². The summed E-state index contributed by atoms with van der Waals surface area (Å²) in [5, 5.41) is 11.2. The van der Waals surface area contributed by atoms with Crippen molar-refractivity contribution < 1.29 is 23.1 Å². The zero-order chi connectivity index (χ0) is 23.2. The minimum Gasteiger partial charge on any atom is -0.486 e. The van der Waals surface area contributed by atoms with Gasteiger partial charge in [0.15, 0.2) is 5.01 Å². The van der Waals surface area contributed by atoms with Gasteiger partial charge in [-0.3, -0.25) is 9.59 Å². The Morgan fingerprint density at radius 2 is 1.85 bits per heavy atom. The Morgan fingerprint density at radius 3 is 2.55 bits per heavy atom. The Kier molecular flexibility index (Phi) is 6.75. The van der Waals surface area contributed by atoms with Gasteiger partial charge in [0.05, 0.1) is 12.8 Å². The van der Waals surface area contributed by atoms with Crippen LogP contribution in [0.1, 0.15) is 30.9 Å². The molecule has 1 N–H and O–H groups in total. The van der Waals surface area contributed by atoms with Gasteiger partial charge >= 0.3 is 0 Å². The number of benzene rings is 2. The summed E-state index contributed by atoms with van der Waals surface area (Å²) in [5.74, 6) is 0.237. The molecule has 0 aliphatic heterocycles. The summed E-state index contributed by atoms with van der Waals surface area (Å²) in [6.07, 6.45) is 1.56. The van der Waals surface area contributed by atoms with Crippen molar-refractivity contribution in [2.75, 3.05) is 12.4 Å². The van der Waals surface area contributed by atoms with Crippen molar-refractivity contribution in [3.05, 3.63) is 94.1 Å². The molecule has 2 aromatic carbocycles. The molecule has 0 bridgehead atoms. The van der Waals surface area contributed by atoms with E-state index in [1.807, 2.05) is 0 Å². The highest BCUT2D eigenvalue weighted by Gasteiger charge is 2.16. The van der Waals surface area contributed by atoms with Crippen LogP contribution >= 0.6 is 11.3 Å². The molecular formula is C23H19FN4O4S. The Labute approximate surface area is 192 Å². The second-order valence-corrected chi connectivity index (χ2v) is 8.08. The van der Waals surface area contributed by atoms with Crippen LogP contribution in [0.4, 0.5) is 10.1 Å². The average Bonchev–Trinajstić information content (AvgIpc) is 3.51. The van der Waals surface area contributed by atoms with Gasteiger partial charge in [-0.05, 0) is 60.7 Å². The maximum absolute atomic E-state index is 12.9. The number of aromatic nitrogens is 2. The molecule has 0 spiro atoms. The molecule has 0 atom stereocenters. The number of nitrogens with zero attached hydrogens (tertiary/aromatic N) is 3. The maximum atomic E-state index is 12.9. The molecule has 0 unspecified atom stereocenters. The summed E-state index contributed by atoms with van der Waals surface area (Å²) in [6, 6.07) is 15.7. The van der Waals surface area contributed by atoms with Crippen molar-refractivity contribution in [3.63, 3.8) is 0 Å². The summed E-state index contributed by atoms with van der Waals surface area (Å²) >= 11 is 1.09. The van der Waals surface area contributed by atoms with Crippen LogP contribution in [-0.4, -0.2) is 34.0 Å². The number of ether oxygens (including phenoxy) is 1. The van der Waals surface area contributed by atoms with Gasteiger partial charge in [0, 0.05) is 18.3 Å². The van der Waals surface area contributed by atoms with Crippen LogP contribution < -0.4 is 10.1 Å². The number of nitrogens with one attached hydrogen (secondary N) is 1. The van der Waals surface area contributed by atoms with E-state index >= 15 is 0 Å². The lowest BCUT2D eigenvalue weighted by Gasteiger charge is -2.16. The summed E-state index contributed by atoms with van der Waals surface area (Å²) in [4.78, 5) is 26.6. The monoisotopic (exact) mass is 466 g/mol. The first-order valence-corrected chi connectivity index (χ1v) is 10.7. The van der Waals surface area contributed by atoms with Gasteiger partial charge in [0.2, 0.25) is 5.01 Å². The predicted octanol–water partition coefficient (Wildman–Crippen LogP) is 4.37. The number of amides is 2. The van der Waals surface area contributed by atoms with Crippen LogP contribution in [0.5, 0.6) is 5.75 Å². The molecule has 0 fully saturated rings. The number of rotatable bonds is 8. The number of hydrogen-bond donors (Lipinski definition) is 1. The molecule has 8 nitrogen and oxygen atoms in total. The maximum Gasteiger partial charge on any atom is 0.286 e. The molecule has 4 aromatic rings. The molecule has 0 aliphatic carbocycles. The number of halogens is 1. The van der Waals surface area contributed by atoms with Crippen molar-refractivity contribution in [2.45, 2.75) is 13.2 Å². The van der Waals surface area contributed by atoms with E-state index in [0.29, 0.717) is 34.3 Å². The van der Waals surface area contributed by atoms with E-state index in [4.69, 9.17) is 9.15 Å². The number of carbonyl (C=O) groups is 2. The third-order valence-electron chi connectivity index (χ3n) is 4.55. The lowest BCUT2D eigenvalue weighted by Crippen LogP contribution is -2.26. The van der Waals surface area contributed by atoms with Gasteiger partial charge in [-0.2, -0.15) is 0 Å². The fourth-order valence-electron chi connectivity index (χ4n) is 2.89. The number of carbonyl (C=O) groups excluding carboxylic acids is 2. The Morgan fingerprint density at radius 1 is 1.09 bits per heavy atom. The van der Waals surface area contributed by atoms with E-state index in [1.165, 1.54) is 24.3 Å². The van der Waals surface area contributed by atoms with Gasteiger partial charge in [-0.25, -0.2) is 4.39 Å². The van der Waals surface area contributed by atoms with E-state index in [1.54, 1.807) is 54.6 Å². The minimum atomic E-state index is -0.422. The molecule has 4 rings (SSSR count). The molecule has 10 heteroatoms. The Bertz CT molecular complexity index is 1220. The number of anilines is 1. The van der Waals surface area contributed by atoms with E-state index in [9.17, 15) is 14.0 Å². The van der Waals surface area contributed by atoms with Crippen molar-refractivity contribution >= 4 is 28.8 Å². The summed E-state index contributed by atoms with van der Waals surface area (Å²) < 4.78 is 23.7. The smallest absolute Gasteiger partial charge is 0.286 e. The van der Waals surface area contributed by atoms with Crippen molar-refractivity contribution in [1.29, 1.82) is 0 Å². The van der Waals surface area contributed by atoms with Crippen LogP contribution in [0.15, 0.2) is 71.3 Å². The highest BCUT2D eigenvalue weighted by molar-refractivity contribution is 7.13. The largest absolute Gasteiger partial charge is 0.486 e. The molecule has 0 radical (unpaired) electrons. The Balaban J connectivity index is 1.31. The highest BCUT2D eigenvalue weighted by atomic mass is 32.1. The predicted molar refractivity (Wildman–Crippen MR) is 120 cm³/mol. The lowest BCUT2D eigenvalue weighted by atomic mass is 10.2. The normalized spacial score (nSPS) is 10.6. The van der Waals surface area contributed by atoms with Gasteiger partial charge < -0.3 is 19.4 Å². The fraction of sp³-hybridized carbons (Fsp3) is 0.130. The molecule has 2 amide bonds. The van der Waals surface area contributed by atoms with E-state index in [2.05, 4.69) is 15.5 Å². The quantitative estimate of drug-likeness (QED) is 0.414. The molecule has 168 valence electrons. The standard InChI is InChI=1S/C23H19FN4O4S/c1-28(13-19-3-2-12-31-19)23(30)15-4-8-17(9-5-15)25-21(29)22-27-26-20(33-22)14-32-18-10-6-16(24)7-11-18/h2-12H,13-14H2,1H3,(H,25,29).